The highest BCUT2D eigenvalue weighted by Gasteiger charge is 2.42. The molecule has 0 radical (unpaired) electrons. The van der Waals surface area contributed by atoms with E-state index in [0.29, 0.717) is 40.4 Å². The van der Waals surface area contributed by atoms with E-state index in [9.17, 15) is 9.59 Å². The number of hydrogen-bond acceptors (Lipinski definition) is 5. The Kier molecular flexibility index (Phi) is 7.27. The molecule has 1 aliphatic heterocycles. The van der Waals surface area contributed by atoms with Crippen molar-refractivity contribution in [1.82, 2.24) is 4.90 Å². The van der Waals surface area contributed by atoms with Gasteiger partial charge in [-0.3, -0.25) is 9.59 Å². The zero-order chi connectivity index (χ0) is 25.4. The lowest BCUT2D eigenvalue weighted by Gasteiger charge is -2.42. The van der Waals surface area contributed by atoms with E-state index in [0.717, 1.165) is 59.4 Å². The average molecular weight is 571 g/mol. The SMILES string of the molecule is CCOc1cc(C2C3=C(CCCC3=O)N(C)C3=C2C(=O)CCC3)cc(Br)c1OCc1ccccc1Cl. The summed E-state index contributed by atoms with van der Waals surface area (Å²) >= 11 is 10.0. The van der Waals surface area contributed by atoms with Gasteiger partial charge in [-0.25, -0.2) is 0 Å². The molecule has 0 bridgehead atoms. The van der Waals surface area contributed by atoms with Gasteiger partial charge in [0.15, 0.2) is 23.1 Å². The van der Waals surface area contributed by atoms with Gasteiger partial charge in [-0.1, -0.05) is 29.8 Å². The minimum Gasteiger partial charge on any atom is -0.490 e. The summed E-state index contributed by atoms with van der Waals surface area (Å²) in [6, 6.07) is 11.5. The van der Waals surface area contributed by atoms with Crippen LogP contribution in [0.5, 0.6) is 11.5 Å². The molecular formula is C29H29BrClNO4. The number of benzene rings is 2. The Morgan fingerprint density at radius 3 is 2.22 bits per heavy atom. The van der Waals surface area contributed by atoms with Crippen molar-refractivity contribution in [3.63, 3.8) is 0 Å². The summed E-state index contributed by atoms with van der Waals surface area (Å²) in [5, 5.41) is 0.639. The molecule has 0 saturated carbocycles. The van der Waals surface area contributed by atoms with Crippen molar-refractivity contribution in [3.05, 3.63) is 79.6 Å². The van der Waals surface area contributed by atoms with Crippen molar-refractivity contribution in [2.24, 2.45) is 0 Å². The second-order valence-corrected chi connectivity index (χ2v) is 10.7. The van der Waals surface area contributed by atoms with Gasteiger partial charge in [-0.05, 0) is 72.3 Å². The molecule has 0 amide bonds. The molecular weight excluding hydrogens is 542 g/mol. The molecule has 3 aliphatic rings. The molecule has 188 valence electrons. The maximum absolute atomic E-state index is 13.3. The predicted octanol–water partition coefficient (Wildman–Crippen LogP) is 7.12. The van der Waals surface area contributed by atoms with Crippen molar-refractivity contribution < 1.29 is 19.1 Å². The zero-order valence-electron chi connectivity index (χ0n) is 20.5. The van der Waals surface area contributed by atoms with Gasteiger partial charge >= 0.3 is 0 Å². The summed E-state index contributed by atoms with van der Waals surface area (Å²) in [5.74, 6) is 1.02. The first-order chi connectivity index (χ1) is 17.4. The Morgan fingerprint density at radius 2 is 1.61 bits per heavy atom. The number of nitrogens with zero attached hydrogens (tertiary/aromatic N) is 1. The van der Waals surface area contributed by atoms with E-state index in [1.165, 1.54) is 0 Å². The van der Waals surface area contributed by atoms with E-state index in [-0.39, 0.29) is 24.1 Å². The van der Waals surface area contributed by atoms with Crippen LogP contribution in [0.1, 0.15) is 62.5 Å². The fraction of sp³-hybridized carbons (Fsp3) is 0.379. The zero-order valence-corrected chi connectivity index (χ0v) is 22.9. The summed E-state index contributed by atoms with van der Waals surface area (Å²) in [6.07, 6.45) is 4.40. The molecule has 0 fully saturated rings. The molecule has 0 N–H and O–H groups in total. The fourth-order valence-electron chi connectivity index (χ4n) is 5.61. The summed E-state index contributed by atoms with van der Waals surface area (Å²) in [7, 11) is 2.01. The Bertz CT molecular complexity index is 1250. The molecule has 0 aromatic heterocycles. The van der Waals surface area contributed by atoms with E-state index in [1.807, 2.05) is 50.4 Å². The maximum atomic E-state index is 13.3. The van der Waals surface area contributed by atoms with E-state index in [1.54, 1.807) is 0 Å². The van der Waals surface area contributed by atoms with Crippen LogP contribution in [0, 0.1) is 0 Å². The average Bonchev–Trinajstić information content (AvgIpc) is 2.86. The van der Waals surface area contributed by atoms with Crippen LogP contribution in [0.15, 0.2) is 63.4 Å². The highest BCUT2D eigenvalue weighted by molar-refractivity contribution is 9.10. The molecule has 2 aromatic rings. The molecule has 5 nitrogen and oxygen atoms in total. The van der Waals surface area contributed by atoms with Crippen molar-refractivity contribution in [1.29, 1.82) is 0 Å². The van der Waals surface area contributed by atoms with Gasteiger partial charge in [0.05, 0.1) is 11.1 Å². The van der Waals surface area contributed by atoms with Crippen LogP contribution < -0.4 is 9.47 Å². The summed E-state index contributed by atoms with van der Waals surface area (Å²) < 4.78 is 12.9. The minimum atomic E-state index is -0.389. The highest BCUT2D eigenvalue weighted by atomic mass is 79.9. The minimum absolute atomic E-state index is 0.131. The van der Waals surface area contributed by atoms with Gasteiger partial charge in [0.25, 0.3) is 0 Å². The third-order valence-electron chi connectivity index (χ3n) is 7.24. The van der Waals surface area contributed by atoms with Crippen LogP contribution in [0.2, 0.25) is 5.02 Å². The molecule has 1 heterocycles. The first-order valence-corrected chi connectivity index (χ1v) is 13.7. The quantitative estimate of drug-likeness (QED) is 0.370. The molecule has 2 aliphatic carbocycles. The van der Waals surface area contributed by atoms with Gasteiger partial charge in [-0.15, -0.1) is 0 Å². The number of rotatable bonds is 6. The standard InChI is InChI=1S/C29H29BrClNO4/c1-3-35-25-15-18(14-19(30)29(25)36-16-17-8-4-5-9-20(17)31)26-27-21(10-6-12-23(27)33)32(2)22-11-7-13-24(34)28(22)26/h4-5,8-9,14-15,26H,3,6-7,10-13,16H2,1-2H3. The number of Topliss-reactive ketones (excluding diaryl/α,β-unsaturated/α-hetero) is 2. The second kappa shape index (κ2) is 10.4. The smallest absolute Gasteiger partial charge is 0.175 e. The molecule has 0 unspecified atom stereocenters. The van der Waals surface area contributed by atoms with Crippen LogP contribution in [-0.2, 0) is 16.2 Å². The maximum Gasteiger partial charge on any atom is 0.175 e. The Hall–Kier alpha value is -2.57. The number of ketones is 2. The Balaban J connectivity index is 1.60. The lowest BCUT2D eigenvalue weighted by atomic mass is 9.71. The van der Waals surface area contributed by atoms with Crippen LogP contribution in [0.4, 0.5) is 0 Å². The predicted molar refractivity (Wildman–Crippen MR) is 143 cm³/mol. The topological polar surface area (TPSA) is 55.8 Å². The van der Waals surface area contributed by atoms with Gasteiger partial charge < -0.3 is 14.4 Å². The molecule has 2 aromatic carbocycles. The first kappa shape index (κ1) is 25.1. The van der Waals surface area contributed by atoms with E-state index in [4.69, 9.17) is 21.1 Å². The second-order valence-electron chi connectivity index (χ2n) is 9.41. The van der Waals surface area contributed by atoms with Crippen LogP contribution in [0.3, 0.4) is 0 Å². The van der Waals surface area contributed by atoms with E-state index >= 15 is 0 Å². The highest BCUT2D eigenvalue weighted by Crippen LogP contribution is 2.50. The summed E-state index contributed by atoms with van der Waals surface area (Å²) in [4.78, 5) is 28.7. The summed E-state index contributed by atoms with van der Waals surface area (Å²) in [6.45, 7) is 2.66. The van der Waals surface area contributed by atoms with E-state index < -0.39 is 0 Å². The monoisotopic (exact) mass is 569 g/mol. The lowest BCUT2D eigenvalue weighted by Crippen LogP contribution is -2.37. The number of halogens is 2. The Morgan fingerprint density at radius 1 is 0.972 bits per heavy atom. The molecule has 0 spiro atoms. The van der Waals surface area contributed by atoms with Crippen molar-refractivity contribution in [2.45, 2.75) is 58.0 Å². The lowest BCUT2D eigenvalue weighted by molar-refractivity contribution is -0.117. The molecule has 0 atom stereocenters. The van der Waals surface area contributed by atoms with Crippen LogP contribution >= 0.6 is 27.5 Å². The van der Waals surface area contributed by atoms with Crippen molar-refractivity contribution in [3.8, 4) is 11.5 Å². The third-order valence-corrected chi connectivity index (χ3v) is 8.20. The van der Waals surface area contributed by atoms with Crippen molar-refractivity contribution in [2.75, 3.05) is 13.7 Å². The number of ether oxygens (including phenoxy) is 2. The van der Waals surface area contributed by atoms with Gasteiger partial charge in [0.2, 0.25) is 0 Å². The van der Waals surface area contributed by atoms with Gasteiger partial charge in [0, 0.05) is 58.9 Å². The van der Waals surface area contributed by atoms with Gasteiger partial charge in [0.1, 0.15) is 6.61 Å². The fourth-order valence-corrected chi connectivity index (χ4v) is 6.37. The van der Waals surface area contributed by atoms with E-state index in [2.05, 4.69) is 20.8 Å². The van der Waals surface area contributed by atoms with Gasteiger partial charge in [-0.2, -0.15) is 0 Å². The number of carbonyl (C=O) groups is 2. The largest absolute Gasteiger partial charge is 0.490 e. The number of allylic oxidation sites excluding steroid dienone is 4. The number of hydrogen-bond donors (Lipinski definition) is 0. The van der Waals surface area contributed by atoms with Crippen molar-refractivity contribution >= 4 is 39.1 Å². The Labute approximate surface area is 225 Å². The summed E-state index contributed by atoms with van der Waals surface area (Å²) in [5.41, 5.74) is 5.37. The molecule has 7 heteroatoms. The van der Waals surface area contributed by atoms with Crippen LogP contribution in [0.25, 0.3) is 0 Å². The molecule has 36 heavy (non-hydrogen) atoms. The third kappa shape index (κ3) is 4.50. The normalized spacial score (nSPS) is 18.4. The first-order valence-electron chi connectivity index (χ1n) is 12.5. The molecule has 0 saturated heterocycles. The molecule has 5 rings (SSSR count). The van der Waals surface area contributed by atoms with Crippen LogP contribution in [-0.4, -0.2) is 30.1 Å². The number of carbonyl (C=O) groups excluding carboxylic acids is 2.